The lowest BCUT2D eigenvalue weighted by Gasteiger charge is -2.34. The summed E-state index contributed by atoms with van der Waals surface area (Å²) < 4.78 is 0. The van der Waals surface area contributed by atoms with Crippen LogP contribution < -0.4 is 9.80 Å². The van der Waals surface area contributed by atoms with Gasteiger partial charge in [-0.1, -0.05) is 11.6 Å². The van der Waals surface area contributed by atoms with Crippen LogP contribution in [0.15, 0.2) is 17.8 Å². The molecule has 2 aromatic heterocycles. The number of hydrogen-bond donors (Lipinski definition) is 1. The van der Waals surface area contributed by atoms with Gasteiger partial charge in [-0.05, 0) is 0 Å². The molecule has 1 fully saturated rings. The normalized spacial score (nSPS) is 15.8. The van der Waals surface area contributed by atoms with Crippen molar-refractivity contribution in [2.75, 3.05) is 36.0 Å². The summed E-state index contributed by atoms with van der Waals surface area (Å²) in [6.07, 6.45) is 3.25. The second kappa shape index (κ2) is 5.18. The molecule has 0 unspecified atom stereocenters. The Kier molecular flexibility index (Phi) is 3.39. The fraction of sp³-hybridized carbons (Fsp3) is 0.364. The summed E-state index contributed by atoms with van der Waals surface area (Å²) in [6, 6.07) is 0. The molecule has 3 heterocycles. The Morgan fingerprint density at radius 3 is 2.47 bits per heavy atom. The maximum absolute atomic E-state index is 9.27. The molecule has 19 heavy (non-hydrogen) atoms. The molecule has 3 rings (SSSR count). The van der Waals surface area contributed by atoms with Gasteiger partial charge < -0.3 is 14.9 Å². The molecule has 1 saturated heterocycles. The lowest BCUT2D eigenvalue weighted by Crippen LogP contribution is -2.46. The Hall–Kier alpha value is -1.60. The molecule has 0 bridgehead atoms. The molecular weight excluding hydrogens is 286 g/mol. The standard InChI is InChI=1S/C11H12ClN5OS/c12-8-5-13-6-9(14-8)16-1-3-17(4-2-16)11-15-10(18)7-19-11/h5-7,18H,1-4H2. The van der Waals surface area contributed by atoms with Crippen molar-refractivity contribution in [1.82, 2.24) is 15.0 Å². The molecule has 2 aromatic rings. The number of aromatic hydroxyl groups is 1. The molecule has 0 aromatic carbocycles. The Morgan fingerprint density at radius 1 is 1.11 bits per heavy atom. The third kappa shape index (κ3) is 2.71. The highest BCUT2D eigenvalue weighted by Crippen LogP contribution is 2.25. The molecule has 0 saturated carbocycles. The second-order valence-corrected chi connectivity index (χ2v) is 5.39. The predicted molar refractivity (Wildman–Crippen MR) is 75.2 cm³/mol. The SMILES string of the molecule is Oc1csc(N2CCN(c3cncc(Cl)n3)CC2)n1. The maximum atomic E-state index is 9.27. The van der Waals surface area contributed by atoms with E-state index < -0.39 is 0 Å². The fourth-order valence-electron chi connectivity index (χ4n) is 2.01. The van der Waals surface area contributed by atoms with Gasteiger partial charge in [0.1, 0.15) is 11.0 Å². The lowest BCUT2D eigenvalue weighted by molar-refractivity contribution is 0.457. The van der Waals surface area contributed by atoms with Crippen LogP contribution in [0.3, 0.4) is 0 Å². The molecule has 1 aliphatic rings. The van der Waals surface area contributed by atoms with Gasteiger partial charge in [0.05, 0.1) is 17.8 Å². The number of rotatable bonds is 2. The summed E-state index contributed by atoms with van der Waals surface area (Å²) in [5.74, 6) is 0.886. The summed E-state index contributed by atoms with van der Waals surface area (Å²) in [4.78, 5) is 16.7. The van der Waals surface area contributed by atoms with E-state index >= 15 is 0 Å². The first-order chi connectivity index (χ1) is 9.22. The largest absolute Gasteiger partial charge is 0.493 e. The number of halogens is 1. The summed E-state index contributed by atoms with van der Waals surface area (Å²) in [6.45, 7) is 3.33. The summed E-state index contributed by atoms with van der Waals surface area (Å²) in [7, 11) is 0. The minimum absolute atomic E-state index is 0.0862. The highest BCUT2D eigenvalue weighted by molar-refractivity contribution is 7.13. The quantitative estimate of drug-likeness (QED) is 0.909. The van der Waals surface area contributed by atoms with Crippen molar-refractivity contribution in [3.8, 4) is 5.88 Å². The zero-order valence-electron chi connectivity index (χ0n) is 10.0. The van der Waals surface area contributed by atoms with Crippen LogP contribution in [0.5, 0.6) is 5.88 Å². The van der Waals surface area contributed by atoms with Crippen LogP contribution >= 0.6 is 22.9 Å². The van der Waals surface area contributed by atoms with Crippen LogP contribution in [0.1, 0.15) is 0 Å². The number of piperazine rings is 1. The van der Waals surface area contributed by atoms with Crippen LogP contribution in [0.25, 0.3) is 0 Å². The predicted octanol–water partition coefficient (Wildman–Crippen LogP) is 1.62. The van der Waals surface area contributed by atoms with Gasteiger partial charge >= 0.3 is 0 Å². The van der Waals surface area contributed by atoms with Crippen molar-refractivity contribution in [2.45, 2.75) is 0 Å². The molecule has 0 spiro atoms. The average Bonchev–Trinajstić information content (AvgIpc) is 2.86. The number of thiazole rings is 1. The molecule has 6 nitrogen and oxygen atoms in total. The molecular formula is C11H12ClN5OS. The van der Waals surface area contributed by atoms with E-state index in [1.54, 1.807) is 11.6 Å². The number of anilines is 2. The van der Waals surface area contributed by atoms with Crippen LogP contribution in [-0.4, -0.2) is 46.2 Å². The zero-order valence-corrected chi connectivity index (χ0v) is 11.6. The Labute approximate surface area is 119 Å². The van der Waals surface area contributed by atoms with Crippen LogP contribution in [0, 0.1) is 0 Å². The minimum atomic E-state index is 0.0862. The van der Waals surface area contributed by atoms with E-state index in [0.717, 1.165) is 37.1 Å². The van der Waals surface area contributed by atoms with Gasteiger partial charge in [0.15, 0.2) is 5.13 Å². The first-order valence-electron chi connectivity index (χ1n) is 5.84. The Bertz CT molecular complexity index is 570. The molecule has 0 amide bonds. The lowest BCUT2D eigenvalue weighted by atomic mass is 10.3. The van der Waals surface area contributed by atoms with E-state index in [1.165, 1.54) is 17.5 Å². The summed E-state index contributed by atoms with van der Waals surface area (Å²) in [5, 5.41) is 12.2. The van der Waals surface area contributed by atoms with E-state index in [4.69, 9.17) is 11.6 Å². The topological polar surface area (TPSA) is 65.4 Å². The van der Waals surface area contributed by atoms with Crippen LogP contribution in [0.2, 0.25) is 5.15 Å². The third-order valence-corrected chi connectivity index (χ3v) is 4.02. The van der Waals surface area contributed by atoms with Gasteiger partial charge in [0.25, 0.3) is 0 Å². The molecule has 0 radical (unpaired) electrons. The first kappa shape index (κ1) is 12.4. The van der Waals surface area contributed by atoms with Crippen molar-refractivity contribution < 1.29 is 5.11 Å². The average molecular weight is 298 g/mol. The minimum Gasteiger partial charge on any atom is -0.493 e. The first-order valence-corrected chi connectivity index (χ1v) is 7.10. The third-order valence-electron chi connectivity index (χ3n) is 2.95. The van der Waals surface area contributed by atoms with Gasteiger partial charge in [-0.25, -0.2) is 4.98 Å². The van der Waals surface area contributed by atoms with E-state index in [0.29, 0.717) is 5.15 Å². The molecule has 0 aliphatic carbocycles. The van der Waals surface area contributed by atoms with Gasteiger partial charge in [-0.15, -0.1) is 11.3 Å². The molecule has 1 aliphatic heterocycles. The van der Waals surface area contributed by atoms with E-state index in [1.807, 2.05) is 0 Å². The monoisotopic (exact) mass is 297 g/mol. The van der Waals surface area contributed by atoms with Gasteiger partial charge in [-0.3, -0.25) is 4.98 Å². The van der Waals surface area contributed by atoms with Crippen molar-refractivity contribution in [3.05, 3.63) is 22.9 Å². The smallest absolute Gasteiger partial charge is 0.223 e. The second-order valence-electron chi connectivity index (χ2n) is 4.16. The van der Waals surface area contributed by atoms with Crippen LogP contribution in [0.4, 0.5) is 10.9 Å². The summed E-state index contributed by atoms with van der Waals surface area (Å²) in [5.41, 5.74) is 0. The molecule has 100 valence electrons. The Morgan fingerprint density at radius 2 is 1.84 bits per heavy atom. The maximum Gasteiger partial charge on any atom is 0.223 e. The molecule has 0 atom stereocenters. The van der Waals surface area contributed by atoms with Crippen molar-refractivity contribution >= 4 is 33.9 Å². The summed E-state index contributed by atoms with van der Waals surface area (Å²) >= 11 is 7.30. The van der Waals surface area contributed by atoms with E-state index in [2.05, 4.69) is 24.8 Å². The van der Waals surface area contributed by atoms with Crippen molar-refractivity contribution in [2.24, 2.45) is 0 Å². The highest BCUT2D eigenvalue weighted by Gasteiger charge is 2.20. The number of aromatic nitrogens is 3. The van der Waals surface area contributed by atoms with Crippen LogP contribution in [-0.2, 0) is 0 Å². The number of nitrogens with zero attached hydrogens (tertiary/aromatic N) is 5. The fourth-order valence-corrected chi connectivity index (χ4v) is 2.90. The Balaban J connectivity index is 1.66. The van der Waals surface area contributed by atoms with E-state index in [9.17, 15) is 5.11 Å². The zero-order chi connectivity index (χ0) is 13.2. The highest BCUT2D eigenvalue weighted by atomic mass is 35.5. The van der Waals surface area contributed by atoms with Gasteiger partial charge in [0, 0.05) is 26.2 Å². The van der Waals surface area contributed by atoms with Crippen molar-refractivity contribution in [1.29, 1.82) is 0 Å². The molecule has 8 heteroatoms. The molecule has 1 N–H and O–H groups in total. The van der Waals surface area contributed by atoms with Gasteiger partial charge in [0.2, 0.25) is 5.88 Å². The van der Waals surface area contributed by atoms with Crippen molar-refractivity contribution in [3.63, 3.8) is 0 Å². The van der Waals surface area contributed by atoms with Gasteiger partial charge in [-0.2, -0.15) is 4.98 Å². The van der Waals surface area contributed by atoms with E-state index in [-0.39, 0.29) is 5.88 Å². The number of hydrogen-bond acceptors (Lipinski definition) is 7.